The van der Waals surface area contributed by atoms with E-state index in [1.807, 2.05) is 4.57 Å². The monoisotopic (exact) mass is 250 g/mol. The van der Waals surface area contributed by atoms with Crippen molar-refractivity contribution < 1.29 is 4.92 Å². The van der Waals surface area contributed by atoms with Gasteiger partial charge in [-0.05, 0) is 12.1 Å². The van der Waals surface area contributed by atoms with Crippen LogP contribution in [0.2, 0.25) is 0 Å². The average Bonchev–Trinajstić information content (AvgIpc) is 2.83. The van der Waals surface area contributed by atoms with Crippen molar-refractivity contribution in [2.75, 3.05) is 5.75 Å². The van der Waals surface area contributed by atoms with E-state index in [1.165, 1.54) is 12.1 Å². The highest BCUT2D eigenvalue weighted by Gasteiger charge is 2.03. The van der Waals surface area contributed by atoms with E-state index in [0.717, 1.165) is 17.2 Å². The summed E-state index contributed by atoms with van der Waals surface area (Å²) in [6, 6.07) is 6.55. The molecule has 2 rings (SSSR count). The van der Waals surface area contributed by atoms with Gasteiger partial charge in [0.2, 0.25) is 0 Å². The normalized spacial score (nSPS) is 10.4. The Balaban J connectivity index is 1.85. The van der Waals surface area contributed by atoms with E-state index in [2.05, 4.69) is 10.2 Å². The first-order valence-electron chi connectivity index (χ1n) is 4.95. The third kappa shape index (κ3) is 3.28. The summed E-state index contributed by atoms with van der Waals surface area (Å²) < 4.78 is 1.89. The molecule has 0 atom stereocenters. The second kappa shape index (κ2) is 5.44. The van der Waals surface area contributed by atoms with Crippen molar-refractivity contribution in [1.82, 2.24) is 14.8 Å². The third-order valence-corrected chi connectivity index (χ3v) is 3.12. The minimum atomic E-state index is -0.397. The van der Waals surface area contributed by atoms with Gasteiger partial charge in [-0.1, -0.05) is 0 Å². The van der Waals surface area contributed by atoms with Crippen LogP contribution in [0.1, 0.15) is 0 Å². The van der Waals surface area contributed by atoms with Crippen molar-refractivity contribution >= 4 is 17.4 Å². The van der Waals surface area contributed by atoms with Crippen LogP contribution < -0.4 is 0 Å². The molecule has 7 heteroatoms. The molecule has 6 nitrogen and oxygen atoms in total. The van der Waals surface area contributed by atoms with Crippen LogP contribution in [-0.2, 0) is 6.54 Å². The average molecular weight is 250 g/mol. The predicted molar refractivity (Wildman–Crippen MR) is 63.8 cm³/mol. The largest absolute Gasteiger partial charge is 0.319 e. The highest BCUT2D eigenvalue weighted by molar-refractivity contribution is 7.99. The Morgan fingerprint density at radius 1 is 1.24 bits per heavy atom. The number of rotatable bonds is 5. The van der Waals surface area contributed by atoms with Crippen LogP contribution in [0.3, 0.4) is 0 Å². The number of hydrogen-bond acceptors (Lipinski definition) is 5. The fraction of sp³-hybridized carbons (Fsp3) is 0.200. The Morgan fingerprint density at radius 2 is 1.88 bits per heavy atom. The van der Waals surface area contributed by atoms with Crippen LogP contribution in [0.15, 0.2) is 41.8 Å². The van der Waals surface area contributed by atoms with Crippen LogP contribution in [0, 0.1) is 10.1 Å². The fourth-order valence-corrected chi connectivity index (χ4v) is 2.14. The van der Waals surface area contributed by atoms with Crippen LogP contribution in [-0.4, -0.2) is 25.4 Å². The lowest BCUT2D eigenvalue weighted by Crippen LogP contribution is -1.96. The number of nitrogens with zero attached hydrogens (tertiary/aromatic N) is 4. The number of aromatic nitrogens is 3. The molecular weight excluding hydrogens is 240 g/mol. The second-order valence-electron chi connectivity index (χ2n) is 3.30. The molecule has 0 aliphatic rings. The number of benzene rings is 1. The zero-order valence-electron chi connectivity index (χ0n) is 8.89. The first kappa shape index (κ1) is 11.6. The zero-order chi connectivity index (χ0) is 12.1. The molecule has 0 fully saturated rings. The Kier molecular flexibility index (Phi) is 3.71. The van der Waals surface area contributed by atoms with Crippen molar-refractivity contribution in [2.24, 2.45) is 0 Å². The molecule has 0 radical (unpaired) electrons. The summed E-state index contributed by atoms with van der Waals surface area (Å²) >= 11 is 1.64. The summed E-state index contributed by atoms with van der Waals surface area (Å²) in [5.41, 5.74) is 0.119. The van der Waals surface area contributed by atoms with E-state index in [-0.39, 0.29) is 5.69 Å². The molecule has 0 amide bonds. The topological polar surface area (TPSA) is 73.8 Å². The van der Waals surface area contributed by atoms with Crippen LogP contribution >= 0.6 is 11.8 Å². The number of hydrogen-bond donors (Lipinski definition) is 0. The quantitative estimate of drug-likeness (QED) is 0.461. The molecule has 0 N–H and O–H groups in total. The summed E-state index contributed by atoms with van der Waals surface area (Å²) in [6.45, 7) is 0.814. The van der Waals surface area contributed by atoms with Crippen molar-refractivity contribution in [3.63, 3.8) is 0 Å². The van der Waals surface area contributed by atoms with Gasteiger partial charge in [0.05, 0.1) is 4.92 Å². The van der Waals surface area contributed by atoms with Gasteiger partial charge in [0.25, 0.3) is 5.69 Å². The van der Waals surface area contributed by atoms with E-state index < -0.39 is 4.92 Å². The molecule has 0 saturated carbocycles. The van der Waals surface area contributed by atoms with Crippen LogP contribution in [0.25, 0.3) is 0 Å². The number of nitro benzene ring substituents is 1. The summed E-state index contributed by atoms with van der Waals surface area (Å²) in [7, 11) is 0. The lowest BCUT2D eigenvalue weighted by atomic mass is 10.3. The summed E-state index contributed by atoms with van der Waals surface area (Å²) in [5, 5.41) is 17.9. The van der Waals surface area contributed by atoms with Gasteiger partial charge >= 0.3 is 0 Å². The van der Waals surface area contributed by atoms with Gasteiger partial charge in [-0.25, -0.2) is 0 Å². The number of non-ortho nitro benzene ring substituents is 1. The molecule has 1 aromatic heterocycles. The lowest BCUT2D eigenvalue weighted by molar-refractivity contribution is -0.384. The van der Waals surface area contributed by atoms with Gasteiger partial charge in [-0.2, -0.15) is 0 Å². The standard InChI is InChI=1S/C10H10N4O2S/c15-14(16)9-1-3-10(4-2-9)17-6-5-13-7-11-12-8-13/h1-4,7-8H,5-6H2. The fourth-order valence-electron chi connectivity index (χ4n) is 1.27. The number of thioether (sulfide) groups is 1. The smallest absolute Gasteiger partial charge is 0.269 e. The maximum absolute atomic E-state index is 10.5. The van der Waals surface area contributed by atoms with Gasteiger partial charge in [-0.3, -0.25) is 10.1 Å². The summed E-state index contributed by atoms with van der Waals surface area (Å²) in [4.78, 5) is 11.1. The third-order valence-electron chi connectivity index (χ3n) is 2.13. The molecule has 0 saturated heterocycles. The van der Waals surface area contributed by atoms with E-state index >= 15 is 0 Å². The van der Waals surface area contributed by atoms with Crippen LogP contribution in [0.5, 0.6) is 0 Å². The predicted octanol–water partition coefficient (Wildman–Crippen LogP) is 1.98. The first-order chi connectivity index (χ1) is 8.25. The molecule has 0 aliphatic heterocycles. The summed E-state index contributed by atoms with van der Waals surface area (Å²) in [5.74, 6) is 0.871. The molecule has 0 aliphatic carbocycles. The van der Waals surface area contributed by atoms with Gasteiger partial charge < -0.3 is 4.57 Å². The van der Waals surface area contributed by atoms with Crippen molar-refractivity contribution in [2.45, 2.75) is 11.4 Å². The van der Waals surface area contributed by atoms with Gasteiger partial charge in [0, 0.05) is 29.3 Å². The molecule has 2 aromatic rings. The molecule has 1 heterocycles. The molecule has 0 spiro atoms. The Morgan fingerprint density at radius 3 is 2.47 bits per heavy atom. The van der Waals surface area contributed by atoms with Crippen LogP contribution in [0.4, 0.5) is 5.69 Å². The Labute approximate surface area is 102 Å². The number of nitro groups is 1. The lowest BCUT2D eigenvalue weighted by Gasteiger charge is -2.01. The minimum Gasteiger partial charge on any atom is -0.319 e. The van der Waals surface area contributed by atoms with Crippen molar-refractivity contribution in [1.29, 1.82) is 0 Å². The number of aryl methyl sites for hydroxylation is 1. The Bertz CT molecular complexity index is 484. The first-order valence-corrected chi connectivity index (χ1v) is 5.94. The highest BCUT2D eigenvalue weighted by Crippen LogP contribution is 2.21. The molecule has 0 bridgehead atoms. The van der Waals surface area contributed by atoms with Gasteiger partial charge in [0.1, 0.15) is 12.7 Å². The molecule has 1 aromatic carbocycles. The highest BCUT2D eigenvalue weighted by atomic mass is 32.2. The maximum Gasteiger partial charge on any atom is 0.269 e. The van der Waals surface area contributed by atoms with Gasteiger partial charge in [-0.15, -0.1) is 22.0 Å². The van der Waals surface area contributed by atoms with E-state index in [0.29, 0.717) is 0 Å². The van der Waals surface area contributed by atoms with E-state index in [4.69, 9.17) is 0 Å². The van der Waals surface area contributed by atoms with Crippen molar-refractivity contribution in [3.05, 3.63) is 47.0 Å². The molecule has 0 unspecified atom stereocenters. The SMILES string of the molecule is O=[N+]([O-])c1ccc(SCCn2cnnc2)cc1. The van der Waals surface area contributed by atoms with Gasteiger partial charge in [0.15, 0.2) is 0 Å². The molecule has 88 valence electrons. The second-order valence-corrected chi connectivity index (χ2v) is 4.47. The summed E-state index contributed by atoms with van der Waals surface area (Å²) in [6.07, 6.45) is 3.33. The molecular formula is C10H10N4O2S. The van der Waals surface area contributed by atoms with E-state index in [9.17, 15) is 10.1 Å². The maximum atomic E-state index is 10.5. The zero-order valence-corrected chi connectivity index (χ0v) is 9.71. The molecule has 17 heavy (non-hydrogen) atoms. The Hall–Kier alpha value is -1.89. The van der Waals surface area contributed by atoms with Crippen molar-refractivity contribution in [3.8, 4) is 0 Å². The minimum absolute atomic E-state index is 0.119. The van der Waals surface area contributed by atoms with E-state index in [1.54, 1.807) is 36.5 Å².